The van der Waals surface area contributed by atoms with Gasteiger partial charge >= 0.3 is 12.1 Å². The summed E-state index contributed by atoms with van der Waals surface area (Å²) in [7, 11) is 0. The van der Waals surface area contributed by atoms with Gasteiger partial charge < -0.3 is 25.0 Å². The molecule has 4 atom stereocenters. The van der Waals surface area contributed by atoms with E-state index in [2.05, 4.69) is 10.6 Å². The summed E-state index contributed by atoms with van der Waals surface area (Å²) >= 11 is 0. The van der Waals surface area contributed by atoms with Crippen molar-refractivity contribution in [2.45, 2.75) is 105 Å². The highest BCUT2D eigenvalue weighted by Crippen LogP contribution is 2.41. The third-order valence-corrected chi connectivity index (χ3v) is 6.56. The summed E-state index contributed by atoms with van der Waals surface area (Å²) in [4.78, 5) is 54.4. The summed E-state index contributed by atoms with van der Waals surface area (Å²) in [5, 5.41) is 5.64. The number of hydrogen-bond acceptors (Lipinski definition) is 6. The lowest BCUT2D eigenvalue weighted by molar-refractivity contribution is -0.145. The number of amides is 3. The molecule has 1 saturated carbocycles. The molecule has 0 radical (unpaired) electrons. The van der Waals surface area contributed by atoms with Gasteiger partial charge in [0.05, 0.1) is 13.0 Å². The average molecular weight is 546 g/mol. The van der Waals surface area contributed by atoms with E-state index in [9.17, 15) is 19.2 Å². The van der Waals surface area contributed by atoms with Gasteiger partial charge in [-0.1, -0.05) is 44.5 Å². The maximum Gasteiger partial charge on any atom is 0.408 e. The number of aryl methyl sites for hydroxylation is 2. The fourth-order valence-electron chi connectivity index (χ4n) is 4.58. The molecule has 4 unspecified atom stereocenters. The number of esters is 1. The molecule has 218 valence electrons. The number of benzene rings is 1. The first-order chi connectivity index (χ1) is 18.1. The number of hydrogen-bond donors (Lipinski definition) is 2. The lowest BCUT2D eigenvalue weighted by Crippen LogP contribution is -2.54. The minimum atomic E-state index is -0.926. The van der Waals surface area contributed by atoms with Crippen molar-refractivity contribution < 1.29 is 28.7 Å². The summed E-state index contributed by atoms with van der Waals surface area (Å²) in [6, 6.07) is 3.88. The molecular formula is C30H47N3O6. The Morgan fingerprint density at radius 2 is 1.77 bits per heavy atom. The smallest absolute Gasteiger partial charge is 0.408 e. The highest BCUT2D eigenvalue weighted by molar-refractivity contribution is 5.93. The van der Waals surface area contributed by atoms with Crippen molar-refractivity contribution in [3.63, 3.8) is 0 Å². The van der Waals surface area contributed by atoms with Crippen LogP contribution in [0.15, 0.2) is 18.2 Å². The van der Waals surface area contributed by atoms with Crippen LogP contribution in [0, 0.1) is 25.7 Å². The fourth-order valence-corrected chi connectivity index (χ4v) is 4.58. The van der Waals surface area contributed by atoms with Crippen LogP contribution in [0.1, 0.15) is 90.5 Å². The Balaban J connectivity index is 2.48. The second kappa shape index (κ2) is 13.8. The van der Waals surface area contributed by atoms with Gasteiger partial charge in [0.2, 0.25) is 11.8 Å². The topological polar surface area (TPSA) is 114 Å². The molecule has 1 aromatic rings. The molecule has 9 heteroatoms. The Labute approximate surface area is 233 Å². The largest absolute Gasteiger partial charge is 0.466 e. The van der Waals surface area contributed by atoms with Crippen molar-refractivity contribution in [1.29, 1.82) is 0 Å². The molecule has 0 bridgehead atoms. The minimum absolute atomic E-state index is 0.0308. The molecule has 9 nitrogen and oxygen atoms in total. The SMILES string of the molecule is CCOC(=O)CCNC(=O)C(c1cc(C)ccc1C)N(C(=O)C(CC(C)C)NC(=O)OC(C)(C)C)C1CC1C. The van der Waals surface area contributed by atoms with Gasteiger partial charge in [0.15, 0.2) is 0 Å². The number of carbonyl (C=O) groups is 4. The van der Waals surface area contributed by atoms with Crippen LogP contribution in [0.2, 0.25) is 0 Å². The molecule has 0 aliphatic heterocycles. The van der Waals surface area contributed by atoms with E-state index < -0.39 is 29.7 Å². The second-order valence-corrected chi connectivity index (χ2v) is 12.0. The fraction of sp³-hybridized carbons (Fsp3) is 0.667. The van der Waals surface area contributed by atoms with Gasteiger partial charge in [-0.2, -0.15) is 0 Å². The zero-order valence-corrected chi connectivity index (χ0v) is 25.1. The number of ether oxygens (including phenoxy) is 2. The van der Waals surface area contributed by atoms with E-state index in [1.165, 1.54) is 0 Å². The summed E-state index contributed by atoms with van der Waals surface area (Å²) in [6.07, 6.45) is 0.500. The second-order valence-electron chi connectivity index (χ2n) is 12.0. The van der Waals surface area contributed by atoms with E-state index >= 15 is 0 Å². The third kappa shape index (κ3) is 9.86. The van der Waals surface area contributed by atoms with E-state index in [-0.39, 0.29) is 49.3 Å². The van der Waals surface area contributed by atoms with Gasteiger partial charge in [-0.15, -0.1) is 0 Å². The van der Waals surface area contributed by atoms with Gasteiger partial charge in [-0.3, -0.25) is 14.4 Å². The van der Waals surface area contributed by atoms with E-state index in [0.717, 1.165) is 23.1 Å². The van der Waals surface area contributed by atoms with Gasteiger partial charge in [-0.05, 0) is 77.3 Å². The quantitative estimate of drug-likeness (QED) is 0.372. The maximum absolute atomic E-state index is 14.3. The number of rotatable bonds is 12. The zero-order valence-electron chi connectivity index (χ0n) is 25.1. The van der Waals surface area contributed by atoms with E-state index in [1.807, 2.05) is 52.8 Å². The number of nitrogens with one attached hydrogen (secondary N) is 2. The Hall–Kier alpha value is -3.10. The molecule has 39 heavy (non-hydrogen) atoms. The van der Waals surface area contributed by atoms with E-state index in [1.54, 1.807) is 32.6 Å². The first-order valence-corrected chi connectivity index (χ1v) is 14.0. The standard InChI is InChI=1S/C30H47N3O6/c1-10-38-25(34)13-14-31-27(35)26(22-16-19(4)11-12-20(22)5)33(24-17-21(24)6)28(36)23(15-18(2)3)32-29(37)39-30(7,8)9/h11-12,16,18,21,23-24,26H,10,13-15,17H2,1-9H3,(H,31,35)(H,32,37). The molecule has 1 aliphatic carbocycles. The van der Waals surface area contributed by atoms with Crippen LogP contribution in [0.25, 0.3) is 0 Å². The average Bonchev–Trinajstić information content (AvgIpc) is 3.52. The highest BCUT2D eigenvalue weighted by atomic mass is 16.6. The summed E-state index contributed by atoms with van der Waals surface area (Å²) in [6.45, 7) is 17.2. The van der Waals surface area contributed by atoms with Crippen molar-refractivity contribution >= 4 is 23.9 Å². The molecular weight excluding hydrogens is 498 g/mol. The summed E-state index contributed by atoms with van der Waals surface area (Å²) in [5.41, 5.74) is 1.83. The van der Waals surface area contributed by atoms with Gasteiger partial charge in [0, 0.05) is 12.6 Å². The lowest BCUT2D eigenvalue weighted by atomic mass is 9.94. The molecule has 1 fully saturated rings. The maximum atomic E-state index is 14.3. The van der Waals surface area contributed by atoms with Gasteiger partial charge in [0.1, 0.15) is 17.7 Å². The van der Waals surface area contributed by atoms with Crippen LogP contribution in [0.3, 0.4) is 0 Å². The Morgan fingerprint density at radius 1 is 1.13 bits per heavy atom. The van der Waals surface area contributed by atoms with Crippen LogP contribution in [0.4, 0.5) is 4.79 Å². The Morgan fingerprint density at radius 3 is 2.31 bits per heavy atom. The third-order valence-electron chi connectivity index (χ3n) is 6.56. The van der Waals surface area contributed by atoms with Crippen molar-refractivity contribution in [3.8, 4) is 0 Å². The molecule has 0 aromatic heterocycles. The van der Waals surface area contributed by atoms with E-state index in [0.29, 0.717) is 6.42 Å². The molecule has 2 N–H and O–H groups in total. The van der Waals surface area contributed by atoms with Crippen LogP contribution in [-0.2, 0) is 23.9 Å². The monoisotopic (exact) mass is 545 g/mol. The molecule has 0 spiro atoms. The molecule has 1 aromatic carbocycles. The number of nitrogens with zero attached hydrogens (tertiary/aromatic N) is 1. The predicted octanol–water partition coefficient (Wildman–Crippen LogP) is 4.59. The van der Waals surface area contributed by atoms with Gasteiger partial charge in [0.25, 0.3) is 0 Å². The summed E-state index contributed by atoms with van der Waals surface area (Å²) < 4.78 is 10.4. The predicted molar refractivity (Wildman–Crippen MR) is 150 cm³/mol. The van der Waals surface area contributed by atoms with E-state index in [4.69, 9.17) is 9.47 Å². The first kappa shape index (κ1) is 32.1. The molecule has 0 saturated heterocycles. The number of carbonyl (C=O) groups excluding carboxylic acids is 4. The van der Waals surface area contributed by atoms with Crippen molar-refractivity contribution in [2.75, 3.05) is 13.2 Å². The van der Waals surface area contributed by atoms with Crippen molar-refractivity contribution in [3.05, 3.63) is 34.9 Å². The Bertz CT molecular complexity index is 1030. The zero-order chi connectivity index (χ0) is 29.5. The Kier molecular flexibility index (Phi) is 11.4. The molecule has 3 amide bonds. The summed E-state index contributed by atoms with van der Waals surface area (Å²) in [5.74, 6) is -0.792. The van der Waals surface area contributed by atoms with Gasteiger partial charge in [-0.25, -0.2) is 4.79 Å². The van der Waals surface area contributed by atoms with Crippen molar-refractivity contribution in [2.24, 2.45) is 11.8 Å². The lowest BCUT2D eigenvalue weighted by Gasteiger charge is -2.36. The van der Waals surface area contributed by atoms with Crippen molar-refractivity contribution in [1.82, 2.24) is 15.5 Å². The van der Waals surface area contributed by atoms with Crippen LogP contribution in [-0.4, -0.2) is 59.6 Å². The highest BCUT2D eigenvalue weighted by Gasteiger charge is 2.48. The van der Waals surface area contributed by atoms with Crippen LogP contribution < -0.4 is 10.6 Å². The van der Waals surface area contributed by atoms with Crippen LogP contribution >= 0.6 is 0 Å². The first-order valence-electron chi connectivity index (χ1n) is 14.0. The molecule has 2 rings (SSSR count). The molecule has 1 aliphatic rings. The van der Waals surface area contributed by atoms with Crippen LogP contribution in [0.5, 0.6) is 0 Å². The molecule has 0 heterocycles. The normalized spacial score (nSPS) is 18.1. The number of alkyl carbamates (subject to hydrolysis) is 1. The minimum Gasteiger partial charge on any atom is -0.466 e.